The molecule has 5 aromatic rings. The summed E-state index contributed by atoms with van der Waals surface area (Å²) in [6.07, 6.45) is 4.41. The van der Waals surface area contributed by atoms with Crippen molar-refractivity contribution in [1.29, 1.82) is 0 Å². The monoisotopic (exact) mass is 600 g/mol. The Bertz CT molecular complexity index is 1830. The van der Waals surface area contributed by atoms with Crippen LogP contribution in [0.4, 0.5) is 16.3 Å². The third-order valence-electron chi connectivity index (χ3n) is 8.52. The predicted octanol–water partition coefficient (Wildman–Crippen LogP) is 7.77. The smallest absolute Gasteiger partial charge is 0.324 e. The Labute approximate surface area is 264 Å². The molecular formula is C37H40N6O2. The van der Waals surface area contributed by atoms with Gasteiger partial charge in [0, 0.05) is 47.4 Å². The van der Waals surface area contributed by atoms with E-state index in [0.717, 1.165) is 58.4 Å². The second kappa shape index (κ2) is 12.6. The van der Waals surface area contributed by atoms with Crippen LogP contribution in [0.3, 0.4) is 0 Å². The molecule has 0 spiro atoms. The van der Waals surface area contributed by atoms with Gasteiger partial charge in [-0.25, -0.2) is 9.48 Å². The van der Waals surface area contributed by atoms with Crippen molar-refractivity contribution in [2.75, 3.05) is 23.7 Å². The number of rotatable bonds is 6. The van der Waals surface area contributed by atoms with Crippen molar-refractivity contribution in [3.8, 4) is 5.69 Å². The number of amides is 3. The number of benzene rings is 3. The zero-order chi connectivity index (χ0) is 31.6. The van der Waals surface area contributed by atoms with Gasteiger partial charge in [0.1, 0.15) is 5.82 Å². The fraction of sp³-hybridized carbons (Fsp3) is 0.297. The SMILES string of the molecule is Cc1ccc(-n2nc(C(C)(C)C)cc2NC(=O)Nc2ccccc2CC2CCN(C(=O)c3ccc4ncccc4c3)CC2)cc1. The molecule has 3 aromatic carbocycles. The molecule has 0 radical (unpaired) electrons. The van der Waals surface area contributed by atoms with Crippen LogP contribution in [0, 0.1) is 12.8 Å². The lowest BCUT2D eigenvalue weighted by Crippen LogP contribution is -2.39. The standard InChI is InChI=1S/C37H40N6O2/c1-25-11-14-30(15-12-25)43-34(24-33(41-43)37(2,3)4)40-36(45)39-32-10-6-5-8-27(32)22-26-17-20-42(21-18-26)35(44)29-13-16-31-28(23-29)9-7-19-38-31/h5-16,19,23-24,26H,17-18,20-22H2,1-4H3,(H2,39,40,45). The average Bonchev–Trinajstić information content (AvgIpc) is 3.46. The Morgan fingerprint density at radius 3 is 2.40 bits per heavy atom. The molecular weight excluding hydrogens is 560 g/mol. The quantitative estimate of drug-likeness (QED) is 0.208. The van der Waals surface area contributed by atoms with E-state index in [9.17, 15) is 9.59 Å². The van der Waals surface area contributed by atoms with Crippen molar-refractivity contribution in [2.45, 2.75) is 52.4 Å². The first-order valence-corrected chi connectivity index (χ1v) is 15.6. The largest absolute Gasteiger partial charge is 0.339 e. The van der Waals surface area contributed by atoms with Crippen LogP contribution in [-0.2, 0) is 11.8 Å². The highest BCUT2D eigenvalue weighted by molar-refractivity contribution is 6.00. The first kappa shape index (κ1) is 30.1. The van der Waals surface area contributed by atoms with Crippen molar-refractivity contribution in [3.63, 3.8) is 0 Å². The third kappa shape index (κ3) is 6.90. The summed E-state index contributed by atoms with van der Waals surface area (Å²) in [6.45, 7) is 9.79. The number of para-hydroxylation sites is 1. The molecule has 2 N–H and O–H groups in total. The van der Waals surface area contributed by atoms with E-state index in [-0.39, 0.29) is 17.4 Å². The van der Waals surface area contributed by atoms with E-state index >= 15 is 0 Å². The molecule has 8 heteroatoms. The van der Waals surface area contributed by atoms with Crippen LogP contribution in [0.1, 0.15) is 60.8 Å². The highest BCUT2D eigenvalue weighted by Gasteiger charge is 2.25. The van der Waals surface area contributed by atoms with Gasteiger partial charge >= 0.3 is 6.03 Å². The lowest BCUT2D eigenvalue weighted by Gasteiger charge is -2.32. The van der Waals surface area contributed by atoms with Crippen LogP contribution in [0.25, 0.3) is 16.6 Å². The van der Waals surface area contributed by atoms with E-state index < -0.39 is 0 Å². The molecule has 6 rings (SSSR count). The summed E-state index contributed by atoms with van der Waals surface area (Å²) in [5, 5.41) is 11.9. The number of nitrogens with zero attached hydrogens (tertiary/aromatic N) is 4. The maximum atomic E-state index is 13.3. The summed E-state index contributed by atoms with van der Waals surface area (Å²) in [5.74, 6) is 1.09. The fourth-order valence-corrected chi connectivity index (χ4v) is 5.85. The van der Waals surface area contributed by atoms with Gasteiger partial charge in [-0.15, -0.1) is 0 Å². The minimum Gasteiger partial charge on any atom is -0.339 e. The van der Waals surface area contributed by atoms with Gasteiger partial charge < -0.3 is 10.2 Å². The highest BCUT2D eigenvalue weighted by atomic mass is 16.2. The molecule has 3 heterocycles. The molecule has 0 aliphatic carbocycles. The molecule has 1 fully saturated rings. The Hall–Kier alpha value is -4.98. The van der Waals surface area contributed by atoms with E-state index in [0.29, 0.717) is 30.4 Å². The van der Waals surface area contributed by atoms with Gasteiger partial charge in [0.2, 0.25) is 0 Å². The number of nitrogens with one attached hydrogen (secondary N) is 2. The average molecular weight is 601 g/mol. The van der Waals surface area contributed by atoms with Crippen molar-refractivity contribution < 1.29 is 9.59 Å². The van der Waals surface area contributed by atoms with Crippen molar-refractivity contribution in [1.82, 2.24) is 19.7 Å². The number of urea groups is 1. The Morgan fingerprint density at radius 1 is 0.889 bits per heavy atom. The molecule has 1 aliphatic heterocycles. The van der Waals surface area contributed by atoms with Gasteiger partial charge in [-0.1, -0.05) is 62.7 Å². The van der Waals surface area contributed by atoms with Crippen molar-refractivity contribution in [3.05, 3.63) is 114 Å². The van der Waals surface area contributed by atoms with Gasteiger partial charge in [0.05, 0.1) is 16.9 Å². The van der Waals surface area contributed by atoms with Gasteiger partial charge in [-0.2, -0.15) is 5.10 Å². The van der Waals surface area contributed by atoms with Gasteiger partial charge in [-0.3, -0.25) is 15.1 Å². The Kier molecular flexibility index (Phi) is 8.39. The number of aromatic nitrogens is 3. The molecule has 0 saturated carbocycles. The first-order chi connectivity index (χ1) is 21.6. The van der Waals surface area contributed by atoms with E-state index in [1.54, 1.807) is 10.9 Å². The first-order valence-electron chi connectivity index (χ1n) is 15.6. The Morgan fingerprint density at radius 2 is 1.64 bits per heavy atom. The maximum Gasteiger partial charge on any atom is 0.324 e. The molecule has 0 atom stereocenters. The summed E-state index contributed by atoms with van der Waals surface area (Å²) in [5.41, 5.74) is 6.22. The number of hydrogen-bond acceptors (Lipinski definition) is 4. The van der Waals surface area contributed by atoms with Gasteiger partial charge in [-0.05, 0) is 80.1 Å². The van der Waals surface area contributed by atoms with Crippen LogP contribution in [0.15, 0.2) is 91.1 Å². The zero-order valence-electron chi connectivity index (χ0n) is 26.4. The van der Waals surface area contributed by atoms with E-state index in [1.165, 1.54) is 0 Å². The lowest BCUT2D eigenvalue weighted by molar-refractivity contribution is 0.0690. The second-order valence-electron chi connectivity index (χ2n) is 13.0. The molecule has 2 aromatic heterocycles. The fourth-order valence-electron chi connectivity index (χ4n) is 5.85. The molecule has 3 amide bonds. The molecule has 0 unspecified atom stereocenters. The second-order valence-corrected chi connectivity index (χ2v) is 13.0. The summed E-state index contributed by atoms with van der Waals surface area (Å²) >= 11 is 0. The number of aryl methyl sites for hydroxylation is 1. The van der Waals surface area contributed by atoms with E-state index in [1.807, 2.05) is 90.7 Å². The third-order valence-corrected chi connectivity index (χ3v) is 8.52. The summed E-state index contributed by atoms with van der Waals surface area (Å²) in [6, 6.07) is 27.3. The van der Waals surface area contributed by atoms with E-state index in [2.05, 4.69) is 42.5 Å². The maximum absolute atomic E-state index is 13.3. The molecule has 1 saturated heterocycles. The number of pyridine rings is 1. The van der Waals surface area contributed by atoms with Crippen molar-refractivity contribution >= 4 is 34.3 Å². The van der Waals surface area contributed by atoms with Gasteiger partial charge in [0.25, 0.3) is 5.91 Å². The number of anilines is 2. The van der Waals surface area contributed by atoms with Crippen LogP contribution in [0.5, 0.6) is 0 Å². The van der Waals surface area contributed by atoms with Crippen LogP contribution < -0.4 is 10.6 Å². The number of hydrogen-bond donors (Lipinski definition) is 2. The van der Waals surface area contributed by atoms with Crippen molar-refractivity contribution in [2.24, 2.45) is 5.92 Å². The summed E-state index contributed by atoms with van der Waals surface area (Å²) in [7, 11) is 0. The zero-order valence-corrected chi connectivity index (χ0v) is 26.4. The normalized spacial score (nSPS) is 14.0. The summed E-state index contributed by atoms with van der Waals surface area (Å²) < 4.78 is 1.79. The van der Waals surface area contributed by atoms with Gasteiger partial charge in [0.15, 0.2) is 0 Å². The van der Waals surface area contributed by atoms with Crippen LogP contribution in [-0.4, -0.2) is 44.7 Å². The minimum atomic E-state index is -0.317. The molecule has 1 aliphatic rings. The lowest BCUT2D eigenvalue weighted by atomic mass is 9.89. The molecule has 8 nitrogen and oxygen atoms in total. The number of piperidine rings is 1. The van der Waals surface area contributed by atoms with E-state index in [4.69, 9.17) is 5.10 Å². The predicted molar refractivity (Wildman–Crippen MR) is 180 cm³/mol. The van der Waals surface area contributed by atoms with Crippen LogP contribution >= 0.6 is 0 Å². The Balaban J connectivity index is 1.10. The number of likely N-dealkylation sites (tertiary alicyclic amines) is 1. The van der Waals surface area contributed by atoms with Crippen LogP contribution in [0.2, 0.25) is 0 Å². The number of carbonyl (C=O) groups is 2. The highest BCUT2D eigenvalue weighted by Crippen LogP contribution is 2.29. The summed E-state index contributed by atoms with van der Waals surface area (Å²) in [4.78, 5) is 32.9. The molecule has 45 heavy (non-hydrogen) atoms. The minimum absolute atomic E-state index is 0.0671. The molecule has 230 valence electrons. The molecule has 0 bridgehead atoms. The number of carbonyl (C=O) groups excluding carboxylic acids is 2. The number of fused-ring (bicyclic) bond motifs is 1. The topological polar surface area (TPSA) is 92.2 Å².